The maximum absolute atomic E-state index is 12.3. The zero-order valence-electron chi connectivity index (χ0n) is 14.5. The molecule has 1 heterocycles. The van der Waals surface area contributed by atoms with Gasteiger partial charge in [0.2, 0.25) is 5.91 Å². The van der Waals surface area contributed by atoms with Gasteiger partial charge in [-0.25, -0.2) is 4.68 Å². The number of carbonyl (C=O) groups is 1. The van der Waals surface area contributed by atoms with Crippen LogP contribution in [0, 0.1) is 0 Å². The fraction of sp³-hybridized carbons (Fsp3) is 0.278. The van der Waals surface area contributed by atoms with Crippen LogP contribution in [0.25, 0.3) is 11.3 Å². The number of methoxy groups -OCH3 is 2. The van der Waals surface area contributed by atoms with Gasteiger partial charge in [0, 0.05) is 18.2 Å². The molecule has 2 rings (SSSR count). The molecule has 0 saturated heterocycles. The van der Waals surface area contributed by atoms with Crippen molar-refractivity contribution in [3.05, 3.63) is 53.3 Å². The van der Waals surface area contributed by atoms with Gasteiger partial charge < -0.3 is 14.8 Å². The standard InChI is InChI=1S/C18H21N3O4/c1-5-10-19-18(23)12(2)21-16(22)11-15(25-4)17(20-21)13-6-8-14(24-3)9-7-13/h5-9,11-12H,1,10H2,2-4H3,(H,19,23)/t12-/m0/s1. The lowest BCUT2D eigenvalue weighted by Crippen LogP contribution is -2.37. The van der Waals surface area contributed by atoms with Crippen LogP contribution >= 0.6 is 0 Å². The molecule has 2 aromatic rings. The molecule has 0 unspecified atom stereocenters. The molecule has 7 heteroatoms. The lowest BCUT2D eigenvalue weighted by atomic mass is 10.1. The van der Waals surface area contributed by atoms with Crippen LogP contribution in [-0.2, 0) is 4.79 Å². The quantitative estimate of drug-likeness (QED) is 0.775. The fourth-order valence-corrected chi connectivity index (χ4v) is 2.27. The van der Waals surface area contributed by atoms with Crippen molar-refractivity contribution in [1.29, 1.82) is 0 Å². The van der Waals surface area contributed by atoms with Gasteiger partial charge >= 0.3 is 0 Å². The summed E-state index contributed by atoms with van der Waals surface area (Å²) in [5, 5.41) is 7.01. The largest absolute Gasteiger partial charge is 0.497 e. The van der Waals surface area contributed by atoms with E-state index in [2.05, 4.69) is 17.0 Å². The second-order valence-electron chi connectivity index (χ2n) is 5.28. The summed E-state index contributed by atoms with van der Waals surface area (Å²) < 4.78 is 11.6. The molecule has 1 N–H and O–H groups in total. The minimum atomic E-state index is -0.768. The summed E-state index contributed by atoms with van der Waals surface area (Å²) in [6.07, 6.45) is 1.57. The van der Waals surface area contributed by atoms with Crippen LogP contribution < -0.4 is 20.3 Å². The summed E-state index contributed by atoms with van der Waals surface area (Å²) in [4.78, 5) is 24.4. The van der Waals surface area contributed by atoms with Crippen LogP contribution in [0.1, 0.15) is 13.0 Å². The first kappa shape index (κ1) is 18.3. The molecule has 1 aromatic heterocycles. The average molecular weight is 343 g/mol. The number of nitrogens with zero attached hydrogens (tertiary/aromatic N) is 2. The normalized spacial score (nSPS) is 11.5. The zero-order chi connectivity index (χ0) is 18.4. The minimum Gasteiger partial charge on any atom is -0.497 e. The topological polar surface area (TPSA) is 82.5 Å². The molecule has 1 aromatic carbocycles. The molecule has 0 aliphatic carbocycles. The van der Waals surface area contributed by atoms with Crippen LogP contribution in [0.4, 0.5) is 0 Å². The molecule has 25 heavy (non-hydrogen) atoms. The maximum Gasteiger partial charge on any atom is 0.271 e. The Morgan fingerprint density at radius 2 is 2.00 bits per heavy atom. The van der Waals surface area contributed by atoms with E-state index >= 15 is 0 Å². The molecule has 0 bridgehead atoms. The Labute approximate surface area is 145 Å². The Bertz CT molecular complexity index is 812. The van der Waals surface area contributed by atoms with Crippen molar-refractivity contribution in [1.82, 2.24) is 15.1 Å². The third-order valence-electron chi connectivity index (χ3n) is 3.67. The van der Waals surface area contributed by atoms with E-state index in [1.807, 2.05) is 0 Å². The lowest BCUT2D eigenvalue weighted by Gasteiger charge is -2.16. The Kier molecular flexibility index (Phi) is 5.94. The van der Waals surface area contributed by atoms with Gasteiger partial charge in [-0.1, -0.05) is 6.08 Å². The average Bonchev–Trinajstić information content (AvgIpc) is 2.65. The highest BCUT2D eigenvalue weighted by atomic mass is 16.5. The smallest absolute Gasteiger partial charge is 0.271 e. The lowest BCUT2D eigenvalue weighted by molar-refractivity contribution is -0.124. The monoisotopic (exact) mass is 343 g/mol. The molecule has 132 valence electrons. The molecule has 0 spiro atoms. The van der Waals surface area contributed by atoms with E-state index in [1.165, 1.54) is 13.2 Å². The summed E-state index contributed by atoms with van der Waals surface area (Å²) in [5.74, 6) is 0.721. The van der Waals surface area contributed by atoms with E-state index in [9.17, 15) is 9.59 Å². The Morgan fingerprint density at radius 3 is 2.56 bits per heavy atom. The number of benzene rings is 1. The van der Waals surface area contributed by atoms with Crippen molar-refractivity contribution in [3.8, 4) is 22.8 Å². The fourth-order valence-electron chi connectivity index (χ4n) is 2.27. The van der Waals surface area contributed by atoms with Gasteiger partial charge in [-0.15, -0.1) is 6.58 Å². The summed E-state index contributed by atoms with van der Waals surface area (Å²) in [5.41, 5.74) is 0.786. The van der Waals surface area contributed by atoms with E-state index in [0.717, 1.165) is 10.2 Å². The molecule has 0 fully saturated rings. The number of hydrogen-bond acceptors (Lipinski definition) is 5. The predicted molar refractivity (Wildman–Crippen MR) is 95.0 cm³/mol. The van der Waals surface area contributed by atoms with Crippen LogP contribution in [-0.4, -0.2) is 36.5 Å². The number of ether oxygens (including phenoxy) is 2. The van der Waals surface area contributed by atoms with Gasteiger partial charge in [-0.05, 0) is 31.2 Å². The number of nitrogens with one attached hydrogen (secondary N) is 1. The van der Waals surface area contributed by atoms with E-state index in [1.54, 1.807) is 44.4 Å². The van der Waals surface area contributed by atoms with Crippen LogP contribution in [0.5, 0.6) is 11.5 Å². The molecule has 0 radical (unpaired) electrons. The summed E-state index contributed by atoms with van der Waals surface area (Å²) >= 11 is 0. The molecule has 1 amide bonds. The number of rotatable bonds is 7. The van der Waals surface area contributed by atoms with Crippen molar-refractivity contribution in [2.75, 3.05) is 20.8 Å². The molecule has 0 saturated carbocycles. The van der Waals surface area contributed by atoms with Gasteiger partial charge in [0.25, 0.3) is 5.56 Å². The summed E-state index contributed by atoms with van der Waals surface area (Å²) in [6.45, 7) is 5.47. The van der Waals surface area contributed by atoms with Gasteiger partial charge in [0.05, 0.1) is 14.2 Å². The zero-order valence-corrected chi connectivity index (χ0v) is 14.5. The van der Waals surface area contributed by atoms with Crippen molar-refractivity contribution in [2.24, 2.45) is 0 Å². The molecule has 1 atom stereocenters. The van der Waals surface area contributed by atoms with Gasteiger partial charge in [-0.3, -0.25) is 9.59 Å². The Hall–Kier alpha value is -3.09. The second kappa shape index (κ2) is 8.14. The van der Waals surface area contributed by atoms with Crippen LogP contribution in [0.2, 0.25) is 0 Å². The van der Waals surface area contributed by atoms with Crippen molar-refractivity contribution >= 4 is 5.91 Å². The number of carbonyl (C=O) groups excluding carboxylic acids is 1. The molecular formula is C18H21N3O4. The van der Waals surface area contributed by atoms with Crippen molar-refractivity contribution < 1.29 is 14.3 Å². The van der Waals surface area contributed by atoms with E-state index in [4.69, 9.17) is 9.47 Å². The van der Waals surface area contributed by atoms with Crippen molar-refractivity contribution in [3.63, 3.8) is 0 Å². The second-order valence-corrected chi connectivity index (χ2v) is 5.28. The Balaban J connectivity index is 2.47. The number of hydrogen-bond donors (Lipinski definition) is 1. The van der Waals surface area contributed by atoms with E-state index in [0.29, 0.717) is 23.7 Å². The summed E-state index contributed by atoms with van der Waals surface area (Å²) in [7, 11) is 3.05. The first-order valence-corrected chi connectivity index (χ1v) is 7.72. The summed E-state index contributed by atoms with van der Waals surface area (Å²) in [6, 6.07) is 7.74. The Morgan fingerprint density at radius 1 is 1.32 bits per heavy atom. The first-order valence-electron chi connectivity index (χ1n) is 7.72. The SMILES string of the molecule is C=CCNC(=O)[C@H](C)n1nc(-c2ccc(OC)cc2)c(OC)cc1=O. The van der Waals surface area contributed by atoms with E-state index in [-0.39, 0.29) is 5.91 Å². The predicted octanol–water partition coefficient (Wildman–Crippen LogP) is 1.79. The highest BCUT2D eigenvalue weighted by molar-refractivity contribution is 5.80. The minimum absolute atomic E-state index is 0.319. The number of amides is 1. The van der Waals surface area contributed by atoms with E-state index < -0.39 is 11.6 Å². The van der Waals surface area contributed by atoms with Crippen LogP contribution in [0.15, 0.2) is 47.8 Å². The molecule has 7 nitrogen and oxygen atoms in total. The highest BCUT2D eigenvalue weighted by Gasteiger charge is 2.20. The maximum atomic E-state index is 12.3. The highest BCUT2D eigenvalue weighted by Crippen LogP contribution is 2.28. The van der Waals surface area contributed by atoms with Crippen molar-refractivity contribution in [2.45, 2.75) is 13.0 Å². The third kappa shape index (κ3) is 4.06. The third-order valence-corrected chi connectivity index (χ3v) is 3.67. The number of aromatic nitrogens is 2. The molecule has 0 aliphatic heterocycles. The molecule has 0 aliphatic rings. The van der Waals surface area contributed by atoms with Gasteiger partial charge in [0.15, 0.2) is 5.75 Å². The van der Waals surface area contributed by atoms with Gasteiger partial charge in [-0.2, -0.15) is 5.10 Å². The van der Waals surface area contributed by atoms with Crippen LogP contribution in [0.3, 0.4) is 0 Å². The van der Waals surface area contributed by atoms with Gasteiger partial charge in [0.1, 0.15) is 17.5 Å². The first-order chi connectivity index (χ1) is 12.0. The molecular weight excluding hydrogens is 322 g/mol.